The Morgan fingerprint density at radius 2 is 1.64 bits per heavy atom. The number of nitro groups is 1. The Bertz CT molecular complexity index is 1460. The third-order valence-corrected chi connectivity index (χ3v) is 6.27. The number of nitrogens with one attached hydrogen (secondary N) is 2. The Morgan fingerprint density at radius 3 is 2.26 bits per heavy atom. The third-order valence-electron chi connectivity index (χ3n) is 5.61. The van der Waals surface area contributed by atoms with E-state index < -0.39 is 34.9 Å². The largest absolute Gasteiger partial charge is 0.459 e. The van der Waals surface area contributed by atoms with Crippen LogP contribution in [0.1, 0.15) is 27.8 Å². The van der Waals surface area contributed by atoms with Crippen molar-refractivity contribution in [1.29, 1.82) is 0 Å². The zero-order chi connectivity index (χ0) is 27.8. The molecule has 3 aromatic carbocycles. The van der Waals surface area contributed by atoms with Gasteiger partial charge >= 0.3 is 5.97 Å². The minimum atomic E-state index is -1.39. The first kappa shape index (κ1) is 27.3. The lowest BCUT2D eigenvalue weighted by atomic mass is 10.0. The summed E-state index contributed by atoms with van der Waals surface area (Å²) >= 11 is 3.22. The van der Waals surface area contributed by atoms with E-state index in [4.69, 9.17) is 9.15 Å². The van der Waals surface area contributed by atoms with Gasteiger partial charge in [-0.15, -0.1) is 0 Å². The lowest BCUT2D eigenvalue weighted by molar-refractivity contribution is -0.384. The van der Waals surface area contributed by atoms with Crippen molar-refractivity contribution in [2.24, 2.45) is 0 Å². The Morgan fingerprint density at radius 1 is 0.949 bits per heavy atom. The highest BCUT2D eigenvalue weighted by atomic mass is 79.9. The van der Waals surface area contributed by atoms with Gasteiger partial charge in [0.2, 0.25) is 6.10 Å². The van der Waals surface area contributed by atoms with Crippen molar-refractivity contribution in [2.45, 2.75) is 18.6 Å². The molecule has 0 unspecified atom stereocenters. The molecule has 39 heavy (non-hydrogen) atoms. The molecule has 198 valence electrons. The number of esters is 1. The van der Waals surface area contributed by atoms with Crippen LogP contribution in [0.25, 0.3) is 0 Å². The molecule has 4 rings (SSSR count). The van der Waals surface area contributed by atoms with Crippen LogP contribution < -0.4 is 10.6 Å². The number of nitro benzene ring substituents is 1. The average Bonchev–Trinajstić information content (AvgIpc) is 3.48. The van der Waals surface area contributed by atoms with Crippen LogP contribution in [-0.2, 0) is 20.7 Å². The summed E-state index contributed by atoms with van der Waals surface area (Å²) in [6.45, 7) is 0. The van der Waals surface area contributed by atoms with E-state index in [1.807, 2.05) is 6.07 Å². The minimum absolute atomic E-state index is 0.0150. The number of anilines is 1. The number of carbonyl (C=O) groups excluding carboxylic acids is 3. The van der Waals surface area contributed by atoms with Gasteiger partial charge in [-0.3, -0.25) is 19.7 Å². The van der Waals surface area contributed by atoms with Gasteiger partial charge in [-0.1, -0.05) is 60.7 Å². The molecule has 0 bridgehead atoms. The number of benzene rings is 3. The van der Waals surface area contributed by atoms with E-state index >= 15 is 0 Å². The molecule has 1 aromatic heterocycles. The molecule has 0 saturated carbocycles. The molecule has 10 nitrogen and oxygen atoms in total. The van der Waals surface area contributed by atoms with Gasteiger partial charge in [0, 0.05) is 28.6 Å². The van der Waals surface area contributed by atoms with Crippen molar-refractivity contribution in [3.63, 3.8) is 0 Å². The molecule has 0 aliphatic rings. The summed E-state index contributed by atoms with van der Waals surface area (Å²) in [5.41, 5.74) is 1.23. The quantitative estimate of drug-likeness (QED) is 0.146. The number of ether oxygens (including phenoxy) is 1. The van der Waals surface area contributed by atoms with Gasteiger partial charge in [0.1, 0.15) is 6.04 Å². The SMILES string of the molecule is O=C(N[C@@H](Cc1ccccc1)C(=O)O[C@H](C(=O)Nc1ccc([N+](=O)[O-])cc1Br)c1ccccc1)c1ccco1. The first-order valence-electron chi connectivity index (χ1n) is 11.7. The minimum Gasteiger partial charge on any atom is -0.459 e. The fourth-order valence-corrected chi connectivity index (χ4v) is 4.16. The Labute approximate surface area is 231 Å². The number of non-ortho nitro benzene ring substituents is 1. The molecule has 2 N–H and O–H groups in total. The molecule has 0 spiro atoms. The number of amides is 2. The fraction of sp³-hybridized carbons (Fsp3) is 0.107. The predicted molar refractivity (Wildman–Crippen MR) is 145 cm³/mol. The second-order valence-corrected chi connectivity index (χ2v) is 9.19. The molecular weight excluding hydrogens is 570 g/mol. The number of hydrogen-bond donors (Lipinski definition) is 2. The van der Waals surface area contributed by atoms with Crippen LogP contribution in [-0.4, -0.2) is 28.7 Å². The van der Waals surface area contributed by atoms with Gasteiger partial charge in [0.05, 0.1) is 16.9 Å². The molecule has 0 fully saturated rings. The summed E-state index contributed by atoms with van der Waals surface area (Å²) in [6, 6.07) is 23.1. The van der Waals surface area contributed by atoms with Gasteiger partial charge in [-0.2, -0.15) is 0 Å². The van der Waals surface area contributed by atoms with E-state index in [1.54, 1.807) is 60.7 Å². The van der Waals surface area contributed by atoms with E-state index in [1.165, 1.54) is 30.5 Å². The van der Waals surface area contributed by atoms with Crippen LogP contribution in [0.4, 0.5) is 11.4 Å². The summed E-state index contributed by atoms with van der Waals surface area (Å²) in [7, 11) is 0. The maximum Gasteiger partial charge on any atom is 0.330 e. The van der Waals surface area contributed by atoms with E-state index in [-0.39, 0.29) is 28.0 Å². The molecule has 0 aliphatic heterocycles. The molecule has 11 heteroatoms. The van der Waals surface area contributed by atoms with Crippen molar-refractivity contribution in [1.82, 2.24) is 5.32 Å². The summed E-state index contributed by atoms with van der Waals surface area (Å²) in [6.07, 6.45) is 0.0499. The average molecular weight is 592 g/mol. The second-order valence-electron chi connectivity index (χ2n) is 8.33. The highest BCUT2D eigenvalue weighted by molar-refractivity contribution is 9.10. The van der Waals surface area contributed by atoms with Gasteiger partial charge < -0.3 is 19.8 Å². The van der Waals surface area contributed by atoms with Gasteiger partial charge in [-0.05, 0) is 39.7 Å². The first-order valence-corrected chi connectivity index (χ1v) is 12.5. The van der Waals surface area contributed by atoms with E-state index in [0.29, 0.717) is 5.56 Å². The molecule has 2 atom stereocenters. The predicted octanol–water partition coefficient (Wildman–Crippen LogP) is 5.21. The van der Waals surface area contributed by atoms with E-state index in [0.717, 1.165) is 5.56 Å². The lowest BCUT2D eigenvalue weighted by Gasteiger charge is -2.23. The van der Waals surface area contributed by atoms with Gasteiger partial charge in [-0.25, -0.2) is 4.79 Å². The Hall–Kier alpha value is -4.77. The van der Waals surface area contributed by atoms with Crippen LogP contribution in [0.3, 0.4) is 0 Å². The van der Waals surface area contributed by atoms with E-state index in [9.17, 15) is 24.5 Å². The molecule has 0 radical (unpaired) electrons. The second kappa shape index (κ2) is 12.7. The van der Waals surface area contributed by atoms with Crippen molar-refractivity contribution in [3.05, 3.63) is 129 Å². The topological polar surface area (TPSA) is 141 Å². The van der Waals surface area contributed by atoms with Crippen LogP contribution in [0.2, 0.25) is 0 Å². The maximum atomic E-state index is 13.4. The van der Waals surface area contributed by atoms with Crippen molar-refractivity contribution in [2.75, 3.05) is 5.32 Å². The number of rotatable bonds is 10. The van der Waals surface area contributed by atoms with Crippen molar-refractivity contribution >= 4 is 45.1 Å². The molecule has 4 aromatic rings. The normalized spacial score (nSPS) is 12.1. The van der Waals surface area contributed by atoms with Gasteiger partial charge in [0.15, 0.2) is 5.76 Å². The van der Waals surface area contributed by atoms with Crippen LogP contribution in [0, 0.1) is 10.1 Å². The third kappa shape index (κ3) is 7.17. The Kier molecular flexibility index (Phi) is 8.85. The number of halogens is 1. The highest BCUT2D eigenvalue weighted by Crippen LogP contribution is 2.29. The maximum absolute atomic E-state index is 13.4. The molecule has 2 amide bonds. The molecule has 1 heterocycles. The van der Waals surface area contributed by atoms with E-state index in [2.05, 4.69) is 26.6 Å². The molecule has 0 saturated heterocycles. The van der Waals surface area contributed by atoms with Crippen LogP contribution in [0.15, 0.2) is 106 Å². The van der Waals surface area contributed by atoms with Crippen molar-refractivity contribution < 1.29 is 28.5 Å². The number of furan rings is 1. The summed E-state index contributed by atoms with van der Waals surface area (Å²) < 4.78 is 11.1. The van der Waals surface area contributed by atoms with Crippen LogP contribution >= 0.6 is 15.9 Å². The lowest BCUT2D eigenvalue weighted by Crippen LogP contribution is -2.44. The Balaban J connectivity index is 1.59. The van der Waals surface area contributed by atoms with Crippen LogP contribution in [0.5, 0.6) is 0 Å². The number of hydrogen-bond acceptors (Lipinski definition) is 7. The fourth-order valence-electron chi connectivity index (χ4n) is 3.70. The number of carbonyl (C=O) groups is 3. The standard InChI is InChI=1S/C28H22BrN3O7/c29-21-17-20(32(36)37)13-14-22(21)30-27(34)25(19-10-5-2-6-11-19)39-28(35)23(16-18-8-3-1-4-9-18)31-26(33)24-12-7-15-38-24/h1-15,17,23,25H,16H2,(H,30,34)(H,31,33)/t23-,25-/m0/s1. The van der Waals surface area contributed by atoms with Crippen molar-refractivity contribution in [3.8, 4) is 0 Å². The summed E-state index contributed by atoms with van der Waals surface area (Å²) in [5.74, 6) is -2.14. The monoisotopic (exact) mass is 591 g/mol. The summed E-state index contributed by atoms with van der Waals surface area (Å²) in [5, 5.41) is 16.3. The zero-order valence-electron chi connectivity index (χ0n) is 20.3. The highest BCUT2D eigenvalue weighted by Gasteiger charge is 2.31. The smallest absolute Gasteiger partial charge is 0.330 e. The zero-order valence-corrected chi connectivity index (χ0v) is 21.9. The number of nitrogens with zero attached hydrogens (tertiary/aromatic N) is 1. The molecule has 0 aliphatic carbocycles. The van der Waals surface area contributed by atoms with Gasteiger partial charge in [0.25, 0.3) is 17.5 Å². The first-order chi connectivity index (χ1) is 18.8. The molecular formula is C28H22BrN3O7. The summed E-state index contributed by atoms with van der Waals surface area (Å²) in [4.78, 5) is 50.0.